The molecule has 370 valence electrons. The fourth-order valence-electron chi connectivity index (χ4n) is 7.38. The van der Waals surface area contributed by atoms with Gasteiger partial charge in [-0.2, -0.15) is 15.7 Å². The molecular formula is C46H64N10O10S2. The molecule has 22 heteroatoms. The molecule has 4 rings (SSSR count). The number of benzene rings is 2. The molecule has 0 saturated carbocycles. The number of rotatable bonds is 25. The van der Waals surface area contributed by atoms with Gasteiger partial charge in [-0.05, 0) is 96.0 Å². The van der Waals surface area contributed by atoms with Gasteiger partial charge in [0.25, 0.3) is 22.9 Å². The Morgan fingerprint density at radius 3 is 1.62 bits per heavy atom. The van der Waals surface area contributed by atoms with E-state index in [4.69, 9.17) is 20.8 Å². The maximum Gasteiger partial charge on any atom is 0.266 e. The van der Waals surface area contributed by atoms with E-state index >= 15 is 0 Å². The Balaban J connectivity index is 1.90. The molecule has 2 atom stereocenters. The fourth-order valence-corrected chi connectivity index (χ4v) is 9.48. The number of aromatic hydroxyl groups is 2. The smallest absolute Gasteiger partial charge is 0.266 e. The second-order valence-corrected chi connectivity index (χ2v) is 19.8. The van der Waals surface area contributed by atoms with E-state index in [0.29, 0.717) is 28.7 Å². The summed E-state index contributed by atoms with van der Waals surface area (Å²) >= 11 is 0.746. The van der Waals surface area contributed by atoms with Crippen molar-refractivity contribution in [1.29, 1.82) is 0 Å². The zero-order valence-corrected chi connectivity index (χ0v) is 41.9. The summed E-state index contributed by atoms with van der Waals surface area (Å²) in [7, 11) is -4.34. The third kappa shape index (κ3) is 13.7. The molecule has 0 aliphatic heterocycles. The molecule has 0 bridgehead atoms. The summed E-state index contributed by atoms with van der Waals surface area (Å²) in [6, 6.07) is 8.40. The molecule has 0 aliphatic rings. The number of sulfonamides is 1. The van der Waals surface area contributed by atoms with Gasteiger partial charge in [-0.25, -0.2) is 13.1 Å². The van der Waals surface area contributed by atoms with Crippen LogP contribution in [0, 0.1) is 25.7 Å². The van der Waals surface area contributed by atoms with Gasteiger partial charge in [-0.15, -0.1) is 19.6 Å². The summed E-state index contributed by atoms with van der Waals surface area (Å²) in [5.41, 5.74) is 12.0. The average Bonchev–Trinajstić information content (AvgIpc) is 3.24. The number of carbonyl (C=O) groups excluding carboxylic acids is 2. The first-order valence-electron chi connectivity index (χ1n) is 22.5. The standard InChI is InChI=1S/C46H64N10O10S2/c1-11-55-43(59)37(41(47)57)29(9)39(45(55)61)51-49-31-19-21-33(35(23-31)67-66-65-53-27(7)17-13-15-25(3)4)34-22-20-32(24-36(34)68(63,64)54-28(8)18-14-16-26(5)6)50-52-40-30(10)38(42(48)58)44(60)56(12-2)46(40)62/h19-28,53-54,61-62H,11-18H2,1-10H3,(H2,47,57)(H2,48,58). The Hall–Kier alpha value is -5.78. The van der Waals surface area contributed by atoms with Crippen LogP contribution in [0.1, 0.15) is 126 Å². The number of pyridine rings is 2. The monoisotopic (exact) mass is 980 g/mol. The van der Waals surface area contributed by atoms with Gasteiger partial charge >= 0.3 is 0 Å². The van der Waals surface area contributed by atoms with Crippen molar-refractivity contribution >= 4 is 56.6 Å². The van der Waals surface area contributed by atoms with Crippen LogP contribution in [-0.4, -0.2) is 51.7 Å². The number of hydrogen-bond donors (Lipinski definition) is 6. The van der Waals surface area contributed by atoms with Gasteiger partial charge in [-0.1, -0.05) is 65.5 Å². The molecule has 2 amide bonds. The van der Waals surface area contributed by atoms with E-state index in [0.717, 1.165) is 53.3 Å². The third-order valence-electron chi connectivity index (χ3n) is 11.1. The number of nitrogens with zero attached hydrogens (tertiary/aromatic N) is 6. The van der Waals surface area contributed by atoms with Crippen molar-refractivity contribution in [3.05, 3.63) is 79.4 Å². The predicted octanol–water partition coefficient (Wildman–Crippen LogP) is 8.94. The lowest BCUT2D eigenvalue weighted by atomic mass is 10.0. The Labute approximate surface area is 400 Å². The third-order valence-corrected chi connectivity index (χ3v) is 13.4. The highest BCUT2D eigenvalue weighted by atomic mass is 32.2. The highest BCUT2D eigenvalue weighted by molar-refractivity contribution is 7.94. The fraction of sp³-hybridized carbons (Fsp3) is 0.478. The second kappa shape index (κ2) is 24.5. The summed E-state index contributed by atoms with van der Waals surface area (Å²) in [5.74, 6) is -2.14. The average molecular weight is 981 g/mol. The van der Waals surface area contributed by atoms with E-state index in [2.05, 4.69) is 58.4 Å². The van der Waals surface area contributed by atoms with Crippen LogP contribution in [0.5, 0.6) is 11.8 Å². The zero-order chi connectivity index (χ0) is 50.6. The van der Waals surface area contributed by atoms with Gasteiger partial charge < -0.3 is 21.7 Å². The predicted molar refractivity (Wildman–Crippen MR) is 261 cm³/mol. The van der Waals surface area contributed by atoms with Crippen LogP contribution >= 0.6 is 12.0 Å². The summed E-state index contributed by atoms with van der Waals surface area (Å²) in [4.78, 5) is 55.9. The normalized spacial score (nSPS) is 13.1. The lowest BCUT2D eigenvalue weighted by molar-refractivity contribution is -0.253. The number of nitrogens with two attached hydrogens (primary N) is 2. The van der Waals surface area contributed by atoms with Gasteiger partial charge in [0.05, 0.1) is 28.3 Å². The van der Waals surface area contributed by atoms with E-state index in [1.807, 2.05) is 6.92 Å². The minimum Gasteiger partial charge on any atom is -0.493 e. The van der Waals surface area contributed by atoms with Crippen LogP contribution in [0.2, 0.25) is 0 Å². The number of hydrogen-bond acceptors (Lipinski definition) is 16. The topological polar surface area (TPSA) is 297 Å². The van der Waals surface area contributed by atoms with Gasteiger partial charge in [0.2, 0.25) is 21.8 Å². The molecule has 0 fully saturated rings. The van der Waals surface area contributed by atoms with Crippen molar-refractivity contribution in [2.75, 3.05) is 0 Å². The lowest BCUT2D eigenvalue weighted by Gasteiger charge is -2.19. The number of amides is 2. The van der Waals surface area contributed by atoms with Crippen molar-refractivity contribution in [2.45, 2.75) is 143 Å². The maximum absolute atomic E-state index is 14.5. The minimum atomic E-state index is -4.34. The van der Waals surface area contributed by atoms with E-state index in [1.54, 1.807) is 26.8 Å². The van der Waals surface area contributed by atoms with E-state index < -0.39 is 50.8 Å². The molecule has 8 N–H and O–H groups in total. The Morgan fingerprint density at radius 2 is 1.16 bits per heavy atom. The highest BCUT2D eigenvalue weighted by Crippen LogP contribution is 2.41. The van der Waals surface area contributed by atoms with Crippen molar-refractivity contribution in [3.8, 4) is 22.9 Å². The van der Waals surface area contributed by atoms with Gasteiger partial charge in [0.1, 0.15) is 22.5 Å². The van der Waals surface area contributed by atoms with Gasteiger partial charge in [0, 0.05) is 46.8 Å². The lowest BCUT2D eigenvalue weighted by Crippen LogP contribution is -2.33. The zero-order valence-electron chi connectivity index (χ0n) is 40.2. The second-order valence-electron chi connectivity index (χ2n) is 17.4. The van der Waals surface area contributed by atoms with E-state index in [9.17, 15) is 37.8 Å². The van der Waals surface area contributed by atoms with Crippen LogP contribution in [0.25, 0.3) is 11.1 Å². The first-order chi connectivity index (χ1) is 32.0. The number of aromatic nitrogens is 2. The summed E-state index contributed by atoms with van der Waals surface area (Å²) < 4.78 is 39.3. The quantitative estimate of drug-likeness (QED) is 0.0119. The van der Waals surface area contributed by atoms with Crippen LogP contribution in [-0.2, 0) is 32.4 Å². The molecular weight excluding hydrogens is 917 g/mol. The molecule has 2 aromatic carbocycles. The molecule has 4 aromatic rings. The van der Waals surface area contributed by atoms with Crippen molar-refractivity contribution < 1.29 is 37.5 Å². The molecule has 2 aromatic heterocycles. The first-order valence-corrected chi connectivity index (χ1v) is 24.7. The van der Waals surface area contributed by atoms with Crippen molar-refractivity contribution in [2.24, 2.45) is 43.8 Å². The van der Waals surface area contributed by atoms with Crippen molar-refractivity contribution in [1.82, 2.24) is 19.3 Å². The first kappa shape index (κ1) is 54.8. The molecule has 0 saturated heterocycles. The summed E-state index contributed by atoms with van der Waals surface area (Å²) in [6.45, 7) is 18.2. The van der Waals surface area contributed by atoms with E-state index in [-0.39, 0.29) is 74.6 Å². The maximum atomic E-state index is 14.5. The van der Waals surface area contributed by atoms with Crippen LogP contribution in [0.4, 0.5) is 22.7 Å². The number of azo groups is 2. The molecule has 68 heavy (non-hydrogen) atoms. The molecule has 20 nitrogen and oxygen atoms in total. The van der Waals surface area contributed by atoms with Crippen molar-refractivity contribution in [3.63, 3.8) is 0 Å². The number of nitrogens with one attached hydrogen (secondary N) is 2. The molecule has 0 radical (unpaired) electrons. The van der Waals surface area contributed by atoms with Gasteiger partial charge in [-0.3, -0.25) is 28.3 Å². The number of primary amides is 2. The molecule has 0 spiro atoms. The SMILES string of the molecule is CCn1c(O)c(N=Nc2ccc(-c3ccc(N=Nc4c(C)c(C(N)=O)c(=O)n(CC)c4O)cc3S(=O)(=O)NC(C)CCCC(C)C)c(SOONC(C)CCCC(C)C)c2)c(C)c(C(N)=O)c1=O. The van der Waals surface area contributed by atoms with Crippen LogP contribution < -0.4 is 32.8 Å². The molecule has 2 unspecified atom stereocenters. The Morgan fingerprint density at radius 1 is 0.706 bits per heavy atom. The summed E-state index contributed by atoms with van der Waals surface area (Å²) in [6.07, 6.45) is 5.04. The Bertz CT molecular complexity index is 2770. The number of carbonyl (C=O) groups is 2. The van der Waals surface area contributed by atoms with Crippen LogP contribution in [0.15, 0.2) is 76.2 Å². The van der Waals surface area contributed by atoms with Crippen LogP contribution in [0.3, 0.4) is 0 Å². The minimum absolute atomic E-state index is 0.00759. The molecule has 2 heterocycles. The van der Waals surface area contributed by atoms with E-state index in [1.165, 1.54) is 44.2 Å². The highest BCUT2D eigenvalue weighted by Gasteiger charge is 2.27. The number of hydroxylamine groups is 1. The summed E-state index contributed by atoms with van der Waals surface area (Å²) in [5, 5.41) is 39.0. The molecule has 0 aliphatic carbocycles. The Kier molecular flexibility index (Phi) is 19.7. The largest absolute Gasteiger partial charge is 0.493 e. The van der Waals surface area contributed by atoms with Gasteiger partial charge in [0.15, 0.2) is 0 Å².